The molecule has 0 amide bonds. The third-order valence-corrected chi connectivity index (χ3v) is 4.23. The zero-order chi connectivity index (χ0) is 13.9. The Hall–Kier alpha value is -1.72. The van der Waals surface area contributed by atoms with Crippen molar-refractivity contribution in [2.24, 2.45) is 0 Å². The number of nitrogens with one attached hydrogen (secondary N) is 1. The minimum atomic E-state index is 0.809. The van der Waals surface area contributed by atoms with E-state index in [0.29, 0.717) is 0 Å². The number of thiazole rings is 1. The molecule has 3 nitrogen and oxygen atoms in total. The van der Waals surface area contributed by atoms with Crippen molar-refractivity contribution in [3.8, 4) is 11.3 Å². The normalized spacial score (nSPS) is 10.5. The van der Waals surface area contributed by atoms with Crippen LogP contribution in [0.4, 0.5) is 10.9 Å². The fourth-order valence-corrected chi connectivity index (χ4v) is 2.98. The highest BCUT2D eigenvalue weighted by molar-refractivity contribution is 9.10. The van der Waals surface area contributed by atoms with Gasteiger partial charge in [-0.15, -0.1) is 11.3 Å². The summed E-state index contributed by atoms with van der Waals surface area (Å²) in [6, 6.07) is 14.0. The number of rotatable bonds is 3. The molecule has 0 aliphatic rings. The second-order valence-corrected chi connectivity index (χ2v) is 6.39. The monoisotopic (exact) mass is 345 g/mol. The van der Waals surface area contributed by atoms with Crippen LogP contribution in [0.15, 0.2) is 53.1 Å². The van der Waals surface area contributed by atoms with Crippen molar-refractivity contribution in [2.45, 2.75) is 6.92 Å². The molecule has 0 aliphatic heterocycles. The highest BCUT2D eigenvalue weighted by Gasteiger charge is 2.10. The number of benzene rings is 1. The molecule has 0 saturated carbocycles. The lowest BCUT2D eigenvalue weighted by Crippen LogP contribution is -1.91. The number of pyridine rings is 1. The maximum absolute atomic E-state index is 4.66. The highest BCUT2D eigenvalue weighted by Crippen LogP contribution is 2.32. The van der Waals surface area contributed by atoms with Gasteiger partial charge in [0, 0.05) is 21.1 Å². The number of aryl methyl sites for hydroxylation is 1. The van der Waals surface area contributed by atoms with Crippen molar-refractivity contribution in [3.05, 3.63) is 58.0 Å². The van der Waals surface area contributed by atoms with Crippen LogP contribution < -0.4 is 5.32 Å². The van der Waals surface area contributed by atoms with Gasteiger partial charge < -0.3 is 5.32 Å². The number of halogens is 1. The predicted octanol–water partition coefficient (Wildman–Crippen LogP) is 5.02. The van der Waals surface area contributed by atoms with Crippen molar-refractivity contribution in [3.63, 3.8) is 0 Å². The quantitative estimate of drug-likeness (QED) is 0.724. The van der Waals surface area contributed by atoms with E-state index < -0.39 is 0 Å². The van der Waals surface area contributed by atoms with E-state index in [0.717, 1.165) is 26.7 Å². The lowest BCUT2D eigenvalue weighted by atomic mass is 10.1. The topological polar surface area (TPSA) is 37.8 Å². The summed E-state index contributed by atoms with van der Waals surface area (Å²) >= 11 is 5.08. The molecule has 0 radical (unpaired) electrons. The van der Waals surface area contributed by atoms with Gasteiger partial charge in [0.2, 0.25) is 0 Å². The molecular weight excluding hydrogens is 334 g/mol. The van der Waals surface area contributed by atoms with Crippen molar-refractivity contribution >= 4 is 38.2 Å². The van der Waals surface area contributed by atoms with Gasteiger partial charge in [0.15, 0.2) is 5.13 Å². The molecule has 2 heterocycles. The Balaban J connectivity index is 1.89. The average molecular weight is 346 g/mol. The summed E-state index contributed by atoms with van der Waals surface area (Å²) in [5, 5.41) is 4.09. The first kappa shape index (κ1) is 13.3. The maximum atomic E-state index is 4.66. The smallest absolute Gasteiger partial charge is 0.189 e. The molecule has 0 spiro atoms. The fourth-order valence-electron chi connectivity index (χ4n) is 1.87. The first-order valence-electron chi connectivity index (χ1n) is 6.14. The van der Waals surface area contributed by atoms with Crippen molar-refractivity contribution in [1.82, 2.24) is 9.97 Å². The van der Waals surface area contributed by atoms with Crippen LogP contribution in [0.3, 0.4) is 0 Å². The van der Waals surface area contributed by atoms with Crippen LogP contribution in [0.25, 0.3) is 11.3 Å². The Morgan fingerprint density at radius 2 is 1.90 bits per heavy atom. The summed E-state index contributed by atoms with van der Waals surface area (Å²) in [5.41, 5.74) is 2.14. The summed E-state index contributed by atoms with van der Waals surface area (Å²) in [6.45, 7) is 2.08. The van der Waals surface area contributed by atoms with Gasteiger partial charge in [-0.2, -0.15) is 0 Å². The number of hydrogen-bond donors (Lipinski definition) is 1. The van der Waals surface area contributed by atoms with E-state index in [1.54, 1.807) is 17.5 Å². The molecule has 1 aromatic carbocycles. The molecule has 0 unspecified atom stereocenters. The van der Waals surface area contributed by atoms with E-state index >= 15 is 0 Å². The molecule has 5 heteroatoms. The van der Waals surface area contributed by atoms with Crippen LogP contribution >= 0.6 is 27.3 Å². The SMILES string of the molecule is Cc1sc(Nc2ccccn2)nc1-c1ccc(Br)cc1. The van der Waals surface area contributed by atoms with Crippen molar-refractivity contribution in [2.75, 3.05) is 5.32 Å². The summed E-state index contributed by atoms with van der Waals surface area (Å²) < 4.78 is 1.07. The molecule has 20 heavy (non-hydrogen) atoms. The second kappa shape index (κ2) is 5.73. The van der Waals surface area contributed by atoms with Crippen LogP contribution in [0.1, 0.15) is 4.88 Å². The van der Waals surface area contributed by atoms with Gasteiger partial charge >= 0.3 is 0 Å². The minimum absolute atomic E-state index is 0.809. The third-order valence-electron chi connectivity index (χ3n) is 2.81. The van der Waals surface area contributed by atoms with Gasteiger partial charge in [-0.1, -0.05) is 34.1 Å². The summed E-state index contributed by atoms with van der Waals surface area (Å²) in [6.07, 6.45) is 1.76. The zero-order valence-electron chi connectivity index (χ0n) is 10.8. The first-order chi connectivity index (χ1) is 9.72. The van der Waals surface area contributed by atoms with Gasteiger partial charge in [0.05, 0.1) is 5.69 Å². The zero-order valence-corrected chi connectivity index (χ0v) is 13.2. The van der Waals surface area contributed by atoms with E-state index in [1.165, 1.54) is 4.88 Å². The Morgan fingerprint density at radius 3 is 2.60 bits per heavy atom. The van der Waals surface area contributed by atoms with Crippen LogP contribution in [-0.2, 0) is 0 Å². The predicted molar refractivity (Wildman–Crippen MR) is 87.5 cm³/mol. The summed E-state index contributed by atoms with van der Waals surface area (Å²) in [5.74, 6) is 0.809. The number of hydrogen-bond acceptors (Lipinski definition) is 4. The molecule has 3 aromatic rings. The van der Waals surface area contributed by atoms with Crippen LogP contribution in [0.2, 0.25) is 0 Å². The molecule has 0 aliphatic carbocycles. The molecule has 100 valence electrons. The third kappa shape index (κ3) is 2.89. The second-order valence-electron chi connectivity index (χ2n) is 4.27. The van der Waals surface area contributed by atoms with E-state index in [4.69, 9.17) is 0 Å². The van der Waals surface area contributed by atoms with Gasteiger partial charge in [-0.25, -0.2) is 9.97 Å². The summed E-state index contributed by atoms with van der Waals surface area (Å²) in [7, 11) is 0. The molecule has 0 saturated heterocycles. The molecule has 1 N–H and O–H groups in total. The van der Waals surface area contributed by atoms with E-state index in [1.807, 2.05) is 30.3 Å². The number of anilines is 2. The number of nitrogens with zero attached hydrogens (tertiary/aromatic N) is 2. The van der Waals surface area contributed by atoms with Gasteiger partial charge in [-0.05, 0) is 31.2 Å². The van der Waals surface area contributed by atoms with Crippen molar-refractivity contribution in [1.29, 1.82) is 0 Å². The van der Waals surface area contributed by atoms with E-state index in [9.17, 15) is 0 Å². The van der Waals surface area contributed by atoms with Crippen LogP contribution in [0.5, 0.6) is 0 Å². The van der Waals surface area contributed by atoms with Gasteiger partial charge in [-0.3, -0.25) is 0 Å². The largest absolute Gasteiger partial charge is 0.316 e. The van der Waals surface area contributed by atoms with E-state index in [-0.39, 0.29) is 0 Å². The van der Waals surface area contributed by atoms with Gasteiger partial charge in [0.1, 0.15) is 5.82 Å². The average Bonchev–Trinajstić information content (AvgIpc) is 2.81. The molecule has 0 fully saturated rings. The molecule has 0 bridgehead atoms. The minimum Gasteiger partial charge on any atom is -0.316 e. The Bertz CT molecular complexity index is 708. The van der Waals surface area contributed by atoms with Crippen molar-refractivity contribution < 1.29 is 0 Å². The number of aromatic nitrogens is 2. The van der Waals surface area contributed by atoms with Crippen LogP contribution in [0, 0.1) is 6.92 Å². The maximum Gasteiger partial charge on any atom is 0.189 e. The Kier molecular flexibility index (Phi) is 3.80. The molecule has 3 rings (SSSR count). The van der Waals surface area contributed by atoms with Crippen LogP contribution in [-0.4, -0.2) is 9.97 Å². The fraction of sp³-hybridized carbons (Fsp3) is 0.0667. The van der Waals surface area contributed by atoms with E-state index in [2.05, 4.69) is 50.3 Å². The Labute approximate surface area is 129 Å². The van der Waals surface area contributed by atoms with Gasteiger partial charge in [0.25, 0.3) is 0 Å². The lowest BCUT2D eigenvalue weighted by Gasteiger charge is -2.00. The standard InChI is InChI=1S/C15H12BrN3S/c1-10-14(11-5-7-12(16)8-6-11)19-15(20-10)18-13-4-2-3-9-17-13/h2-9H,1H3,(H,17,18,19). The summed E-state index contributed by atoms with van der Waals surface area (Å²) in [4.78, 5) is 10.1. The Morgan fingerprint density at radius 1 is 1.10 bits per heavy atom. The molecule has 0 atom stereocenters. The molecular formula is C15H12BrN3S. The molecule has 2 aromatic heterocycles. The first-order valence-corrected chi connectivity index (χ1v) is 7.75. The lowest BCUT2D eigenvalue weighted by molar-refractivity contribution is 1.28. The highest BCUT2D eigenvalue weighted by atomic mass is 79.9.